The minimum atomic E-state index is -0.677. The number of carboxylic acids is 1. The maximum atomic E-state index is 10.3. The first kappa shape index (κ1) is 20.7. The van der Waals surface area contributed by atoms with Crippen LogP contribution in [0.4, 0.5) is 0 Å². The predicted molar refractivity (Wildman–Crippen MR) is 96.1 cm³/mol. The molecule has 22 heavy (non-hydrogen) atoms. The highest BCUT2D eigenvalue weighted by Gasteiger charge is 1.95. The molecule has 0 aromatic rings. The van der Waals surface area contributed by atoms with Crippen LogP contribution in [0.3, 0.4) is 0 Å². The van der Waals surface area contributed by atoms with E-state index in [0.717, 1.165) is 38.5 Å². The highest BCUT2D eigenvalue weighted by Crippen LogP contribution is 2.06. The van der Waals surface area contributed by atoms with Crippen LogP contribution in [0, 0.1) is 0 Å². The van der Waals surface area contributed by atoms with Crippen molar-refractivity contribution in [1.29, 1.82) is 0 Å². The van der Waals surface area contributed by atoms with Gasteiger partial charge >= 0.3 is 5.97 Å². The summed E-state index contributed by atoms with van der Waals surface area (Å²) in [5.41, 5.74) is 0. The molecule has 0 heterocycles. The summed E-state index contributed by atoms with van der Waals surface area (Å²) in [5, 5.41) is 8.52. The number of carboxylic acid groups (broad SMARTS) is 1. The van der Waals surface area contributed by atoms with E-state index in [1.165, 1.54) is 32.1 Å². The van der Waals surface area contributed by atoms with Gasteiger partial charge in [-0.05, 0) is 57.8 Å². The van der Waals surface area contributed by atoms with Crippen LogP contribution in [0.5, 0.6) is 0 Å². The Labute approximate surface area is 137 Å². The Balaban J connectivity index is 3.24. The highest BCUT2D eigenvalue weighted by molar-refractivity contribution is 5.66. The third kappa shape index (κ3) is 18.7. The summed E-state index contributed by atoms with van der Waals surface area (Å²) in [7, 11) is 0. The number of rotatable bonds is 15. The predicted octanol–water partition coefficient (Wildman–Crippen LogP) is 6.44. The minimum Gasteiger partial charge on any atom is -0.481 e. The number of unbranched alkanes of at least 4 members (excludes halogenated alkanes) is 7. The highest BCUT2D eigenvalue weighted by atomic mass is 16.4. The molecule has 0 atom stereocenters. The molecule has 0 amide bonds. The standard InChI is InChI=1S/C20H34O2/c1-2-3-4-5-6-7-8-9-10-11-12-13-14-15-16-17-18-19-20(21)22/h3-4,9-10,12-13H,2,5-8,11,14-19H2,1H3,(H,21,22). The van der Waals surface area contributed by atoms with Gasteiger partial charge in [-0.1, -0.05) is 56.2 Å². The van der Waals surface area contributed by atoms with E-state index < -0.39 is 5.97 Å². The fraction of sp³-hybridized carbons (Fsp3) is 0.650. The summed E-state index contributed by atoms with van der Waals surface area (Å²) in [6.07, 6.45) is 26.3. The molecule has 0 aliphatic heterocycles. The van der Waals surface area contributed by atoms with Crippen LogP contribution in [0.15, 0.2) is 36.5 Å². The second-order valence-corrected chi connectivity index (χ2v) is 5.69. The topological polar surface area (TPSA) is 37.3 Å². The van der Waals surface area contributed by atoms with Crippen LogP contribution in [0.1, 0.15) is 84.0 Å². The summed E-state index contributed by atoms with van der Waals surface area (Å²) in [5.74, 6) is -0.677. The molecule has 0 aliphatic rings. The van der Waals surface area contributed by atoms with Gasteiger partial charge in [-0.2, -0.15) is 0 Å². The van der Waals surface area contributed by atoms with Crippen molar-refractivity contribution in [3.63, 3.8) is 0 Å². The van der Waals surface area contributed by atoms with Gasteiger partial charge in [-0.25, -0.2) is 0 Å². The zero-order valence-electron chi connectivity index (χ0n) is 14.3. The van der Waals surface area contributed by atoms with Gasteiger partial charge in [-0.3, -0.25) is 4.79 Å². The lowest BCUT2D eigenvalue weighted by Crippen LogP contribution is -1.93. The van der Waals surface area contributed by atoms with E-state index in [1.54, 1.807) is 0 Å². The monoisotopic (exact) mass is 306 g/mol. The average Bonchev–Trinajstić information content (AvgIpc) is 2.50. The van der Waals surface area contributed by atoms with E-state index >= 15 is 0 Å². The molecule has 0 aromatic carbocycles. The van der Waals surface area contributed by atoms with Crippen molar-refractivity contribution >= 4 is 5.97 Å². The van der Waals surface area contributed by atoms with E-state index in [1.807, 2.05) is 0 Å². The fourth-order valence-electron chi connectivity index (χ4n) is 2.21. The Morgan fingerprint density at radius 3 is 1.77 bits per heavy atom. The zero-order valence-corrected chi connectivity index (χ0v) is 14.3. The van der Waals surface area contributed by atoms with Gasteiger partial charge in [-0.15, -0.1) is 0 Å². The van der Waals surface area contributed by atoms with E-state index in [9.17, 15) is 4.79 Å². The quantitative estimate of drug-likeness (QED) is 0.279. The molecule has 0 saturated heterocycles. The Morgan fingerprint density at radius 2 is 1.23 bits per heavy atom. The van der Waals surface area contributed by atoms with Crippen molar-refractivity contribution in [3.8, 4) is 0 Å². The molecule has 2 nitrogen and oxygen atoms in total. The van der Waals surface area contributed by atoms with Crippen LogP contribution in [-0.4, -0.2) is 11.1 Å². The van der Waals surface area contributed by atoms with E-state index in [4.69, 9.17) is 5.11 Å². The molecule has 0 bridgehead atoms. The largest absolute Gasteiger partial charge is 0.481 e. The van der Waals surface area contributed by atoms with Crippen molar-refractivity contribution in [3.05, 3.63) is 36.5 Å². The lowest BCUT2D eigenvalue weighted by Gasteiger charge is -1.96. The van der Waals surface area contributed by atoms with Crippen LogP contribution in [0.25, 0.3) is 0 Å². The summed E-state index contributed by atoms with van der Waals surface area (Å²) >= 11 is 0. The first-order chi connectivity index (χ1) is 10.8. The summed E-state index contributed by atoms with van der Waals surface area (Å²) < 4.78 is 0. The molecule has 0 aliphatic carbocycles. The summed E-state index contributed by atoms with van der Waals surface area (Å²) in [6, 6.07) is 0. The van der Waals surface area contributed by atoms with Crippen LogP contribution in [0.2, 0.25) is 0 Å². The third-order valence-corrected chi connectivity index (χ3v) is 3.51. The summed E-state index contributed by atoms with van der Waals surface area (Å²) in [6.45, 7) is 2.17. The van der Waals surface area contributed by atoms with Crippen molar-refractivity contribution in [1.82, 2.24) is 0 Å². The van der Waals surface area contributed by atoms with Crippen molar-refractivity contribution in [2.24, 2.45) is 0 Å². The normalized spacial score (nSPS) is 12.0. The van der Waals surface area contributed by atoms with Crippen molar-refractivity contribution in [2.75, 3.05) is 0 Å². The Hall–Kier alpha value is -1.31. The molecule has 0 unspecified atom stereocenters. The first-order valence-corrected chi connectivity index (χ1v) is 8.94. The minimum absolute atomic E-state index is 0.315. The maximum absolute atomic E-state index is 10.3. The lowest BCUT2D eigenvalue weighted by atomic mass is 10.1. The maximum Gasteiger partial charge on any atom is 0.303 e. The van der Waals surface area contributed by atoms with Crippen LogP contribution in [-0.2, 0) is 4.79 Å². The fourth-order valence-corrected chi connectivity index (χ4v) is 2.21. The number of hydrogen-bond acceptors (Lipinski definition) is 1. The second-order valence-electron chi connectivity index (χ2n) is 5.69. The number of carbonyl (C=O) groups is 1. The second kappa shape index (κ2) is 17.7. The number of hydrogen-bond donors (Lipinski definition) is 1. The molecular formula is C20H34O2. The van der Waals surface area contributed by atoms with E-state index in [2.05, 4.69) is 43.4 Å². The van der Waals surface area contributed by atoms with E-state index in [-0.39, 0.29) is 0 Å². The molecule has 126 valence electrons. The molecule has 0 aromatic heterocycles. The lowest BCUT2D eigenvalue weighted by molar-refractivity contribution is -0.137. The third-order valence-electron chi connectivity index (χ3n) is 3.51. The first-order valence-electron chi connectivity index (χ1n) is 8.94. The van der Waals surface area contributed by atoms with Gasteiger partial charge < -0.3 is 5.11 Å². The van der Waals surface area contributed by atoms with Crippen LogP contribution >= 0.6 is 0 Å². The average molecular weight is 306 g/mol. The zero-order chi connectivity index (χ0) is 16.3. The molecule has 0 fully saturated rings. The summed E-state index contributed by atoms with van der Waals surface area (Å²) in [4.78, 5) is 10.3. The van der Waals surface area contributed by atoms with Gasteiger partial charge in [0.1, 0.15) is 0 Å². The molecular weight excluding hydrogens is 272 g/mol. The molecule has 0 spiro atoms. The Kier molecular flexibility index (Phi) is 16.7. The van der Waals surface area contributed by atoms with Crippen LogP contribution < -0.4 is 0 Å². The molecule has 0 radical (unpaired) electrons. The molecule has 0 saturated carbocycles. The SMILES string of the molecule is CCC=CCCCCC=CCC=CCCCCCCC(=O)O. The smallest absolute Gasteiger partial charge is 0.303 e. The van der Waals surface area contributed by atoms with E-state index in [0.29, 0.717) is 6.42 Å². The van der Waals surface area contributed by atoms with Gasteiger partial charge in [0.2, 0.25) is 0 Å². The number of allylic oxidation sites excluding steroid dienone is 6. The van der Waals surface area contributed by atoms with Crippen molar-refractivity contribution in [2.45, 2.75) is 84.0 Å². The van der Waals surface area contributed by atoms with Gasteiger partial charge in [0.05, 0.1) is 0 Å². The molecule has 0 rings (SSSR count). The van der Waals surface area contributed by atoms with Gasteiger partial charge in [0.15, 0.2) is 0 Å². The van der Waals surface area contributed by atoms with Gasteiger partial charge in [0, 0.05) is 6.42 Å². The Morgan fingerprint density at radius 1 is 0.727 bits per heavy atom. The molecule has 2 heteroatoms. The van der Waals surface area contributed by atoms with Crippen molar-refractivity contribution < 1.29 is 9.90 Å². The number of aliphatic carboxylic acids is 1. The molecule has 1 N–H and O–H groups in total. The van der Waals surface area contributed by atoms with Gasteiger partial charge in [0.25, 0.3) is 0 Å². The Bertz CT molecular complexity index is 327.